The molecule has 0 heterocycles. The quantitative estimate of drug-likeness (QED) is 0.792. The number of thiocarbonyl (C=S) groups is 1. The van der Waals surface area contributed by atoms with Gasteiger partial charge in [-0.05, 0) is 62.3 Å². The molecule has 0 bridgehead atoms. The molecule has 0 fully saturated rings. The van der Waals surface area contributed by atoms with E-state index in [9.17, 15) is 4.39 Å². The molecule has 4 heteroatoms. The molecule has 20 heavy (non-hydrogen) atoms. The fourth-order valence-corrected chi connectivity index (χ4v) is 2.17. The minimum atomic E-state index is -0.310. The Bertz CT molecular complexity index is 597. The predicted octanol–water partition coefficient (Wildman–Crippen LogP) is 4.56. The van der Waals surface area contributed by atoms with Gasteiger partial charge in [-0.3, -0.25) is 0 Å². The standard InChI is InChI=1S/C16H17FN2S/c1-10-4-6-14(12(3)8-10)18-16(20)19-15-7-5-11(2)9-13(15)17/h4-9H,1-3H3,(H2,18,19,20). The number of anilines is 2. The van der Waals surface area contributed by atoms with Crippen molar-refractivity contribution >= 4 is 28.7 Å². The van der Waals surface area contributed by atoms with Crippen molar-refractivity contribution in [3.8, 4) is 0 Å². The molecule has 0 saturated carbocycles. The maximum absolute atomic E-state index is 13.7. The Kier molecular flexibility index (Phi) is 4.35. The van der Waals surface area contributed by atoms with Crippen molar-refractivity contribution in [3.63, 3.8) is 0 Å². The summed E-state index contributed by atoms with van der Waals surface area (Å²) in [5.41, 5.74) is 4.45. The summed E-state index contributed by atoms with van der Waals surface area (Å²) in [6.45, 7) is 5.89. The van der Waals surface area contributed by atoms with E-state index in [0.29, 0.717) is 10.8 Å². The predicted molar refractivity (Wildman–Crippen MR) is 86.9 cm³/mol. The molecule has 0 aromatic heterocycles. The topological polar surface area (TPSA) is 24.1 Å². The van der Waals surface area contributed by atoms with E-state index >= 15 is 0 Å². The Balaban J connectivity index is 2.09. The summed E-state index contributed by atoms with van der Waals surface area (Å²) < 4.78 is 13.7. The molecule has 2 aromatic rings. The van der Waals surface area contributed by atoms with E-state index in [1.54, 1.807) is 6.07 Å². The molecule has 104 valence electrons. The van der Waals surface area contributed by atoms with Crippen molar-refractivity contribution < 1.29 is 4.39 Å². The average Bonchev–Trinajstić information content (AvgIpc) is 2.36. The highest BCUT2D eigenvalue weighted by molar-refractivity contribution is 7.80. The first-order valence-corrected chi connectivity index (χ1v) is 6.78. The maximum Gasteiger partial charge on any atom is 0.175 e. The molecule has 2 rings (SSSR count). The number of rotatable bonds is 2. The molecule has 0 aliphatic carbocycles. The van der Waals surface area contributed by atoms with Gasteiger partial charge in [0.05, 0.1) is 5.69 Å². The lowest BCUT2D eigenvalue weighted by Crippen LogP contribution is -2.20. The average molecular weight is 288 g/mol. The van der Waals surface area contributed by atoms with Crippen LogP contribution in [0.5, 0.6) is 0 Å². The Morgan fingerprint density at radius 2 is 1.45 bits per heavy atom. The zero-order valence-electron chi connectivity index (χ0n) is 11.8. The van der Waals surface area contributed by atoms with Crippen LogP contribution >= 0.6 is 12.2 Å². The zero-order valence-corrected chi connectivity index (χ0v) is 12.6. The molecule has 0 spiro atoms. The summed E-state index contributed by atoms with van der Waals surface area (Å²) in [5, 5.41) is 6.33. The number of hydrogen-bond donors (Lipinski definition) is 2. The molecule has 0 saturated heterocycles. The van der Waals surface area contributed by atoms with Crippen molar-refractivity contribution in [1.82, 2.24) is 0 Å². The van der Waals surface area contributed by atoms with Gasteiger partial charge < -0.3 is 10.6 Å². The van der Waals surface area contributed by atoms with E-state index in [0.717, 1.165) is 16.8 Å². The molecule has 2 N–H and O–H groups in total. The minimum Gasteiger partial charge on any atom is -0.332 e. The van der Waals surface area contributed by atoms with Crippen molar-refractivity contribution in [3.05, 3.63) is 58.9 Å². The normalized spacial score (nSPS) is 10.2. The molecule has 2 aromatic carbocycles. The number of halogens is 1. The summed E-state index contributed by atoms with van der Waals surface area (Å²) in [4.78, 5) is 0. The molecule has 0 aliphatic heterocycles. The van der Waals surface area contributed by atoms with E-state index in [-0.39, 0.29) is 5.82 Å². The summed E-state index contributed by atoms with van der Waals surface area (Å²) in [6, 6.07) is 11.0. The second kappa shape index (κ2) is 6.01. The zero-order chi connectivity index (χ0) is 14.7. The van der Waals surface area contributed by atoms with Crippen molar-refractivity contribution in [2.45, 2.75) is 20.8 Å². The Hall–Kier alpha value is -1.94. The Labute approximate surface area is 124 Å². The largest absolute Gasteiger partial charge is 0.332 e. The Morgan fingerprint density at radius 1 is 0.900 bits per heavy atom. The van der Waals surface area contributed by atoms with Crippen LogP contribution in [0.4, 0.5) is 15.8 Å². The summed E-state index contributed by atoms with van der Waals surface area (Å²) >= 11 is 5.21. The number of nitrogens with one attached hydrogen (secondary N) is 2. The van der Waals surface area contributed by atoms with Gasteiger partial charge in [-0.15, -0.1) is 0 Å². The molecule has 0 amide bonds. The number of aryl methyl sites for hydroxylation is 3. The highest BCUT2D eigenvalue weighted by Crippen LogP contribution is 2.18. The molecular formula is C16H17FN2S. The first-order chi connectivity index (χ1) is 9.45. The van der Waals surface area contributed by atoms with Gasteiger partial charge in [0, 0.05) is 5.69 Å². The van der Waals surface area contributed by atoms with Crippen LogP contribution in [0, 0.1) is 26.6 Å². The minimum absolute atomic E-state index is 0.310. The first-order valence-electron chi connectivity index (χ1n) is 6.37. The fraction of sp³-hybridized carbons (Fsp3) is 0.188. The second-order valence-electron chi connectivity index (χ2n) is 4.88. The number of hydrogen-bond acceptors (Lipinski definition) is 1. The Morgan fingerprint density at radius 3 is 2.05 bits per heavy atom. The van der Waals surface area contributed by atoms with E-state index in [1.807, 2.05) is 39.0 Å². The molecule has 2 nitrogen and oxygen atoms in total. The summed E-state index contributed by atoms with van der Waals surface area (Å²) in [6.07, 6.45) is 0. The van der Waals surface area contributed by atoms with Crippen LogP contribution in [0.3, 0.4) is 0 Å². The van der Waals surface area contributed by atoms with Crippen LogP contribution in [-0.2, 0) is 0 Å². The van der Waals surface area contributed by atoms with Gasteiger partial charge in [-0.25, -0.2) is 4.39 Å². The van der Waals surface area contributed by atoms with E-state index in [1.165, 1.54) is 11.6 Å². The lowest BCUT2D eigenvalue weighted by Gasteiger charge is -2.13. The third kappa shape index (κ3) is 3.54. The van der Waals surface area contributed by atoms with Gasteiger partial charge in [0.15, 0.2) is 5.11 Å². The van der Waals surface area contributed by atoms with Crippen LogP contribution in [0.2, 0.25) is 0 Å². The van der Waals surface area contributed by atoms with Crippen LogP contribution in [0.1, 0.15) is 16.7 Å². The highest BCUT2D eigenvalue weighted by atomic mass is 32.1. The summed E-state index contributed by atoms with van der Waals surface area (Å²) in [5.74, 6) is -0.310. The SMILES string of the molecule is Cc1ccc(NC(=S)Nc2ccc(C)cc2F)c(C)c1. The van der Waals surface area contributed by atoms with E-state index in [4.69, 9.17) is 12.2 Å². The van der Waals surface area contributed by atoms with Gasteiger partial charge in [0.2, 0.25) is 0 Å². The molecule has 0 atom stereocenters. The molecule has 0 unspecified atom stereocenters. The third-order valence-electron chi connectivity index (χ3n) is 3.00. The highest BCUT2D eigenvalue weighted by Gasteiger charge is 2.06. The van der Waals surface area contributed by atoms with Gasteiger partial charge in [-0.1, -0.05) is 23.8 Å². The van der Waals surface area contributed by atoms with Gasteiger partial charge in [0.1, 0.15) is 5.82 Å². The van der Waals surface area contributed by atoms with Gasteiger partial charge >= 0.3 is 0 Å². The lowest BCUT2D eigenvalue weighted by atomic mass is 10.1. The molecule has 0 radical (unpaired) electrons. The van der Waals surface area contributed by atoms with Crippen LogP contribution < -0.4 is 10.6 Å². The van der Waals surface area contributed by atoms with E-state index in [2.05, 4.69) is 16.7 Å². The van der Waals surface area contributed by atoms with Crippen molar-refractivity contribution in [2.75, 3.05) is 10.6 Å². The van der Waals surface area contributed by atoms with Crippen LogP contribution in [-0.4, -0.2) is 5.11 Å². The van der Waals surface area contributed by atoms with Crippen LogP contribution in [0.15, 0.2) is 36.4 Å². The monoisotopic (exact) mass is 288 g/mol. The van der Waals surface area contributed by atoms with E-state index < -0.39 is 0 Å². The smallest absolute Gasteiger partial charge is 0.175 e. The molecular weight excluding hydrogens is 271 g/mol. The molecule has 0 aliphatic rings. The third-order valence-corrected chi connectivity index (χ3v) is 3.21. The van der Waals surface area contributed by atoms with Crippen LogP contribution in [0.25, 0.3) is 0 Å². The fourth-order valence-electron chi connectivity index (χ4n) is 1.95. The van der Waals surface area contributed by atoms with Crippen molar-refractivity contribution in [1.29, 1.82) is 0 Å². The van der Waals surface area contributed by atoms with Gasteiger partial charge in [-0.2, -0.15) is 0 Å². The summed E-state index contributed by atoms with van der Waals surface area (Å²) in [7, 11) is 0. The first kappa shape index (κ1) is 14.5. The lowest BCUT2D eigenvalue weighted by molar-refractivity contribution is 0.631. The second-order valence-corrected chi connectivity index (χ2v) is 5.29. The van der Waals surface area contributed by atoms with Gasteiger partial charge in [0.25, 0.3) is 0 Å². The maximum atomic E-state index is 13.7. The number of benzene rings is 2. The van der Waals surface area contributed by atoms with Crippen molar-refractivity contribution in [2.24, 2.45) is 0 Å².